The Morgan fingerprint density at radius 1 is 1.40 bits per heavy atom. The van der Waals surface area contributed by atoms with E-state index in [0.29, 0.717) is 0 Å². The Labute approximate surface area is 89.7 Å². The van der Waals surface area contributed by atoms with Crippen molar-refractivity contribution in [2.45, 2.75) is 20.0 Å². The molecule has 1 fully saturated rings. The average Bonchev–Trinajstić information content (AvgIpc) is 2.49. The van der Waals surface area contributed by atoms with Crippen LogP contribution >= 0.6 is 11.6 Å². The Hall–Kier alpha value is -0.710. The van der Waals surface area contributed by atoms with Crippen LogP contribution in [0.4, 0.5) is 13.2 Å². The molecule has 0 saturated heterocycles. The fourth-order valence-corrected chi connectivity index (χ4v) is 2.39. The number of carboxylic acid groups (broad SMARTS) is 1. The fraction of sp³-hybridized carbons (Fsp3) is 0.667. The van der Waals surface area contributed by atoms with Crippen molar-refractivity contribution in [1.82, 2.24) is 0 Å². The van der Waals surface area contributed by atoms with Gasteiger partial charge in [-0.25, -0.2) is 0 Å². The molecule has 0 aliphatic heterocycles. The molecule has 0 bridgehead atoms. The van der Waals surface area contributed by atoms with Crippen LogP contribution in [0.1, 0.15) is 13.8 Å². The summed E-state index contributed by atoms with van der Waals surface area (Å²) in [5.74, 6) is -2.68. The molecule has 15 heavy (non-hydrogen) atoms. The van der Waals surface area contributed by atoms with E-state index in [0.717, 1.165) is 0 Å². The highest BCUT2D eigenvalue weighted by molar-refractivity contribution is 6.30. The quantitative estimate of drug-likeness (QED) is 0.808. The molecule has 2 atom stereocenters. The summed E-state index contributed by atoms with van der Waals surface area (Å²) >= 11 is 5.46. The first-order valence-electron chi connectivity index (χ1n) is 4.25. The van der Waals surface area contributed by atoms with Crippen molar-refractivity contribution < 1.29 is 23.1 Å². The van der Waals surface area contributed by atoms with Gasteiger partial charge in [0.2, 0.25) is 0 Å². The molecule has 0 aromatic carbocycles. The second kappa shape index (κ2) is 3.40. The number of carbonyl (C=O) groups is 1. The van der Waals surface area contributed by atoms with Gasteiger partial charge in [-0.3, -0.25) is 4.79 Å². The molecule has 0 aromatic rings. The smallest absolute Gasteiger partial charge is 0.410 e. The highest BCUT2D eigenvalue weighted by Crippen LogP contribution is 2.62. The summed E-state index contributed by atoms with van der Waals surface area (Å²) in [7, 11) is 0. The van der Waals surface area contributed by atoms with Crippen LogP contribution in [0.5, 0.6) is 0 Å². The van der Waals surface area contributed by atoms with Crippen LogP contribution in [0.3, 0.4) is 0 Å². The summed E-state index contributed by atoms with van der Waals surface area (Å²) in [6.07, 6.45) is -4.54. The van der Waals surface area contributed by atoms with Gasteiger partial charge in [0.05, 0.1) is 5.92 Å². The first kappa shape index (κ1) is 12.4. The zero-order chi connectivity index (χ0) is 12.0. The van der Waals surface area contributed by atoms with E-state index in [9.17, 15) is 18.0 Å². The van der Waals surface area contributed by atoms with Crippen LogP contribution in [0, 0.1) is 17.3 Å². The Kier molecular flexibility index (Phi) is 2.80. The number of allylic oxidation sites excluding steroid dienone is 2. The first-order chi connectivity index (χ1) is 6.57. The van der Waals surface area contributed by atoms with Gasteiger partial charge >= 0.3 is 12.1 Å². The van der Waals surface area contributed by atoms with Crippen molar-refractivity contribution in [1.29, 1.82) is 0 Å². The van der Waals surface area contributed by atoms with Crippen LogP contribution in [0.15, 0.2) is 11.1 Å². The minimum absolute atomic E-state index is 0.0378. The number of hydrogen-bond donors (Lipinski definition) is 1. The van der Waals surface area contributed by atoms with Gasteiger partial charge < -0.3 is 5.11 Å². The van der Waals surface area contributed by atoms with Gasteiger partial charge in [-0.05, 0) is 5.41 Å². The van der Waals surface area contributed by atoms with Crippen molar-refractivity contribution in [2.75, 3.05) is 0 Å². The number of rotatable bonds is 2. The molecule has 0 unspecified atom stereocenters. The Balaban J connectivity index is 2.85. The Morgan fingerprint density at radius 3 is 2.13 bits per heavy atom. The molecule has 2 nitrogen and oxygen atoms in total. The molecule has 0 spiro atoms. The summed E-state index contributed by atoms with van der Waals surface area (Å²) in [6, 6.07) is 0. The first-order valence-corrected chi connectivity index (χ1v) is 4.63. The van der Waals surface area contributed by atoms with Crippen molar-refractivity contribution in [2.24, 2.45) is 17.3 Å². The molecule has 1 N–H and O–H groups in total. The zero-order valence-electron chi connectivity index (χ0n) is 8.10. The number of aliphatic carboxylic acids is 1. The monoisotopic (exact) mass is 242 g/mol. The molecule has 0 radical (unpaired) electrons. The number of hydrogen-bond acceptors (Lipinski definition) is 1. The number of carboxylic acids is 1. The van der Waals surface area contributed by atoms with Gasteiger partial charge in [-0.1, -0.05) is 25.4 Å². The van der Waals surface area contributed by atoms with Crippen LogP contribution in [0.2, 0.25) is 0 Å². The average molecular weight is 243 g/mol. The summed E-state index contributed by atoms with van der Waals surface area (Å²) in [5.41, 5.74) is -0.704. The van der Waals surface area contributed by atoms with E-state index >= 15 is 0 Å². The van der Waals surface area contributed by atoms with Gasteiger partial charge in [0.1, 0.15) is 0 Å². The van der Waals surface area contributed by atoms with Crippen molar-refractivity contribution >= 4 is 17.6 Å². The highest BCUT2D eigenvalue weighted by atomic mass is 35.5. The fourth-order valence-electron chi connectivity index (χ4n) is 1.86. The minimum atomic E-state index is -4.50. The molecular weight excluding hydrogens is 233 g/mol. The molecule has 1 saturated carbocycles. The third kappa shape index (κ3) is 2.45. The molecule has 1 aliphatic rings. The largest absolute Gasteiger partial charge is 0.481 e. The predicted octanol–water partition coefficient (Wildman–Crippen LogP) is 3.03. The van der Waals surface area contributed by atoms with E-state index in [4.69, 9.17) is 16.7 Å². The maximum Gasteiger partial charge on any atom is 0.410 e. The Bertz CT molecular complexity index is 320. The van der Waals surface area contributed by atoms with Crippen molar-refractivity contribution in [3.05, 3.63) is 11.1 Å². The normalized spacial score (nSPS) is 30.1. The lowest BCUT2D eigenvalue weighted by molar-refractivity contribution is -0.139. The van der Waals surface area contributed by atoms with Gasteiger partial charge in [0, 0.05) is 17.0 Å². The summed E-state index contributed by atoms with van der Waals surface area (Å²) in [4.78, 5) is 10.7. The molecule has 86 valence electrons. The Morgan fingerprint density at radius 2 is 1.87 bits per heavy atom. The zero-order valence-corrected chi connectivity index (χ0v) is 8.86. The molecule has 0 aromatic heterocycles. The summed E-state index contributed by atoms with van der Waals surface area (Å²) in [5, 5.41) is 8.31. The van der Waals surface area contributed by atoms with Crippen LogP contribution in [0.25, 0.3) is 0 Å². The van der Waals surface area contributed by atoms with E-state index in [-0.39, 0.29) is 6.08 Å². The van der Waals surface area contributed by atoms with Gasteiger partial charge in [-0.15, -0.1) is 0 Å². The molecule has 6 heteroatoms. The van der Waals surface area contributed by atoms with Crippen molar-refractivity contribution in [3.8, 4) is 0 Å². The number of alkyl halides is 3. The van der Waals surface area contributed by atoms with Gasteiger partial charge in [0.25, 0.3) is 0 Å². The van der Waals surface area contributed by atoms with E-state index in [2.05, 4.69) is 0 Å². The standard InChI is InChI=1S/C9H10ClF3O2/c1-8(2)5(6(8)7(14)15)4(10)3-9(11,12)13/h3,5-6H,1-2H3,(H,14,15)/b4-3-/t5-,6-/m0/s1. The molecule has 0 amide bonds. The molecular formula is C9H10ClF3O2. The van der Waals surface area contributed by atoms with Gasteiger partial charge in [0.15, 0.2) is 0 Å². The summed E-state index contributed by atoms with van der Waals surface area (Å²) in [6.45, 7) is 3.17. The SMILES string of the molecule is CC1(C)[C@H](C(=O)O)[C@@H]1/C(Cl)=C/C(F)(F)F. The van der Waals surface area contributed by atoms with Crippen molar-refractivity contribution in [3.63, 3.8) is 0 Å². The second-order valence-corrected chi connectivity index (χ2v) is 4.62. The van der Waals surface area contributed by atoms with Crippen LogP contribution in [-0.2, 0) is 4.79 Å². The second-order valence-electron chi connectivity index (χ2n) is 4.19. The predicted molar refractivity (Wildman–Crippen MR) is 48.4 cm³/mol. The lowest BCUT2D eigenvalue weighted by atomic mass is 10.1. The highest BCUT2D eigenvalue weighted by Gasteiger charge is 2.63. The van der Waals surface area contributed by atoms with E-state index in [1.54, 1.807) is 13.8 Å². The summed E-state index contributed by atoms with van der Waals surface area (Å²) < 4.78 is 35.9. The molecule has 0 heterocycles. The molecule has 1 aliphatic carbocycles. The third-order valence-electron chi connectivity index (χ3n) is 2.69. The van der Waals surface area contributed by atoms with Crippen LogP contribution in [-0.4, -0.2) is 17.3 Å². The lowest BCUT2D eigenvalue weighted by Crippen LogP contribution is -2.04. The maximum absolute atomic E-state index is 12.0. The lowest BCUT2D eigenvalue weighted by Gasteiger charge is -2.03. The molecule has 1 rings (SSSR count). The van der Waals surface area contributed by atoms with E-state index in [1.165, 1.54) is 0 Å². The maximum atomic E-state index is 12.0. The minimum Gasteiger partial charge on any atom is -0.481 e. The number of halogens is 4. The van der Waals surface area contributed by atoms with E-state index in [1.807, 2.05) is 0 Å². The van der Waals surface area contributed by atoms with E-state index < -0.39 is 34.4 Å². The third-order valence-corrected chi connectivity index (χ3v) is 3.04. The van der Waals surface area contributed by atoms with Crippen LogP contribution < -0.4 is 0 Å². The topological polar surface area (TPSA) is 37.3 Å². The van der Waals surface area contributed by atoms with Gasteiger partial charge in [-0.2, -0.15) is 13.2 Å².